The summed E-state index contributed by atoms with van der Waals surface area (Å²) in [7, 11) is 1.57. The van der Waals surface area contributed by atoms with Crippen molar-refractivity contribution in [3.05, 3.63) is 52.3 Å². The minimum atomic E-state index is -0.290. The highest BCUT2D eigenvalue weighted by atomic mass is 16.5. The Hall–Kier alpha value is -3.31. The van der Waals surface area contributed by atoms with Gasteiger partial charge in [0, 0.05) is 50.7 Å². The number of hydrogen-bond acceptors (Lipinski definition) is 4. The van der Waals surface area contributed by atoms with Crippen LogP contribution in [0.4, 0.5) is 10.5 Å². The second kappa shape index (κ2) is 9.45. The molecule has 4 rings (SSSR count). The van der Waals surface area contributed by atoms with Gasteiger partial charge in [-0.05, 0) is 38.3 Å². The number of anilines is 1. The molecule has 2 aliphatic rings. The molecule has 0 bridgehead atoms. The number of fused-ring (bicyclic) bond motifs is 1. The first-order valence-electron chi connectivity index (χ1n) is 11.1. The summed E-state index contributed by atoms with van der Waals surface area (Å²) < 4.78 is 7.72. The summed E-state index contributed by atoms with van der Waals surface area (Å²) in [6, 6.07) is 9.72. The summed E-state index contributed by atoms with van der Waals surface area (Å²) >= 11 is 0. The third-order valence-corrected chi connectivity index (χ3v) is 6.34. The van der Waals surface area contributed by atoms with Crippen LogP contribution in [0.25, 0.3) is 0 Å². The molecule has 1 unspecified atom stereocenters. The molecule has 1 atom stereocenters. The van der Waals surface area contributed by atoms with E-state index < -0.39 is 0 Å². The van der Waals surface area contributed by atoms with Gasteiger partial charge in [0.25, 0.3) is 5.91 Å². The molecular formula is C24H29N5O3. The fourth-order valence-corrected chi connectivity index (χ4v) is 4.69. The number of nitriles is 1. The molecule has 0 radical (unpaired) electrons. The predicted molar refractivity (Wildman–Crippen MR) is 121 cm³/mol. The largest absolute Gasteiger partial charge is 0.381 e. The topological polar surface area (TPSA) is 99.4 Å². The van der Waals surface area contributed by atoms with Crippen LogP contribution in [-0.2, 0) is 17.8 Å². The fraction of sp³-hybridized carbons (Fsp3) is 0.458. The van der Waals surface area contributed by atoms with Gasteiger partial charge in [-0.2, -0.15) is 5.26 Å². The van der Waals surface area contributed by atoms with Gasteiger partial charge in [0.1, 0.15) is 6.07 Å². The standard InChI is InChI=1S/C24H29N5O3/c1-16-5-7-18(8-6-16)27-24(31)28-10-11-29-20(15-28)21(23(30)26-2)19(14-25)22(29)17-4-3-12-32-13-9-17/h5-8,17H,3-4,9-13,15H2,1-2H3,(H,26,30)(H,27,31). The van der Waals surface area contributed by atoms with Crippen molar-refractivity contribution in [1.29, 1.82) is 5.26 Å². The van der Waals surface area contributed by atoms with Crippen LogP contribution in [-0.4, -0.2) is 48.2 Å². The summed E-state index contributed by atoms with van der Waals surface area (Å²) in [5.41, 5.74) is 4.33. The summed E-state index contributed by atoms with van der Waals surface area (Å²) in [4.78, 5) is 27.5. The average molecular weight is 436 g/mol. The van der Waals surface area contributed by atoms with E-state index in [4.69, 9.17) is 4.74 Å². The highest BCUT2D eigenvalue weighted by Crippen LogP contribution is 2.36. The Labute approximate surface area is 188 Å². The molecule has 168 valence electrons. The highest BCUT2D eigenvalue weighted by molar-refractivity contribution is 5.99. The van der Waals surface area contributed by atoms with Crippen LogP contribution in [0.1, 0.15) is 58.1 Å². The predicted octanol–water partition coefficient (Wildman–Crippen LogP) is 3.36. The van der Waals surface area contributed by atoms with Crippen molar-refractivity contribution >= 4 is 17.6 Å². The van der Waals surface area contributed by atoms with Crippen LogP contribution >= 0.6 is 0 Å². The van der Waals surface area contributed by atoms with E-state index in [1.807, 2.05) is 31.2 Å². The number of nitrogens with zero attached hydrogens (tertiary/aromatic N) is 3. The van der Waals surface area contributed by atoms with Gasteiger partial charge in [-0.1, -0.05) is 17.7 Å². The van der Waals surface area contributed by atoms with Crippen LogP contribution in [0.3, 0.4) is 0 Å². The lowest BCUT2D eigenvalue weighted by molar-refractivity contribution is 0.0959. The van der Waals surface area contributed by atoms with Crippen molar-refractivity contribution in [2.45, 2.75) is 45.2 Å². The van der Waals surface area contributed by atoms with E-state index in [-0.39, 0.29) is 24.4 Å². The molecule has 1 aromatic carbocycles. The average Bonchev–Trinajstić information content (AvgIpc) is 2.93. The van der Waals surface area contributed by atoms with Crippen LogP contribution in [0.2, 0.25) is 0 Å². The monoisotopic (exact) mass is 435 g/mol. The molecule has 2 aliphatic heterocycles. The molecule has 1 saturated heterocycles. The van der Waals surface area contributed by atoms with Gasteiger partial charge in [0.15, 0.2) is 0 Å². The van der Waals surface area contributed by atoms with E-state index in [0.29, 0.717) is 30.8 Å². The Morgan fingerprint density at radius 1 is 1.16 bits per heavy atom. The van der Waals surface area contributed by atoms with Crippen LogP contribution in [0.5, 0.6) is 0 Å². The Kier molecular flexibility index (Phi) is 6.47. The normalized spacial score (nSPS) is 18.3. The lowest BCUT2D eigenvalue weighted by Gasteiger charge is -2.31. The number of urea groups is 1. The molecule has 3 heterocycles. The molecule has 2 aromatic rings. The number of amides is 3. The van der Waals surface area contributed by atoms with E-state index in [1.54, 1.807) is 11.9 Å². The van der Waals surface area contributed by atoms with E-state index in [9.17, 15) is 14.9 Å². The SMILES string of the molecule is CNC(=O)c1c(C#N)c(C2CCCOCC2)n2c1CN(C(=O)Nc1ccc(C)cc1)CC2. The second-order valence-electron chi connectivity index (χ2n) is 8.38. The highest BCUT2D eigenvalue weighted by Gasteiger charge is 2.35. The number of ether oxygens (including phenoxy) is 1. The number of carbonyl (C=O) groups excluding carboxylic acids is 2. The second-order valence-corrected chi connectivity index (χ2v) is 8.38. The van der Waals surface area contributed by atoms with E-state index in [2.05, 4.69) is 21.3 Å². The molecule has 0 aliphatic carbocycles. The summed E-state index contributed by atoms with van der Waals surface area (Å²) in [6.45, 7) is 4.70. The van der Waals surface area contributed by atoms with E-state index in [0.717, 1.165) is 48.5 Å². The minimum Gasteiger partial charge on any atom is -0.381 e. The lowest BCUT2D eigenvalue weighted by Crippen LogP contribution is -2.41. The first-order valence-corrected chi connectivity index (χ1v) is 11.1. The van der Waals surface area contributed by atoms with Crippen LogP contribution < -0.4 is 10.6 Å². The zero-order chi connectivity index (χ0) is 22.7. The van der Waals surface area contributed by atoms with Crippen molar-refractivity contribution < 1.29 is 14.3 Å². The zero-order valence-electron chi connectivity index (χ0n) is 18.6. The van der Waals surface area contributed by atoms with Crippen molar-refractivity contribution in [3.63, 3.8) is 0 Å². The number of hydrogen-bond donors (Lipinski definition) is 2. The molecule has 1 fully saturated rings. The zero-order valence-corrected chi connectivity index (χ0v) is 18.6. The lowest BCUT2D eigenvalue weighted by atomic mass is 9.93. The van der Waals surface area contributed by atoms with Crippen molar-refractivity contribution in [1.82, 2.24) is 14.8 Å². The quantitative estimate of drug-likeness (QED) is 0.772. The number of aromatic nitrogens is 1. The third kappa shape index (κ3) is 4.21. The molecule has 0 saturated carbocycles. The number of aryl methyl sites for hydroxylation is 1. The minimum absolute atomic E-state index is 0.164. The van der Waals surface area contributed by atoms with Crippen molar-refractivity contribution in [2.75, 3.05) is 32.1 Å². The molecule has 1 aromatic heterocycles. The number of rotatable bonds is 3. The maximum atomic E-state index is 12.9. The smallest absolute Gasteiger partial charge is 0.322 e. The maximum absolute atomic E-state index is 12.9. The molecule has 2 N–H and O–H groups in total. The van der Waals surface area contributed by atoms with Gasteiger partial charge in [-0.3, -0.25) is 4.79 Å². The van der Waals surface area contributed by atoms with Gasteiger partial charge in [-0.15, -0.1) is 0 Å². The number of benzene rings is 1. The summed E-state index contributed by atoms with van der Waals surface area (Å²) in [5, 5.41) is 15.6. The maximum Gasteiger partial charge on any atom is 0.322 e. The Balaban J connectivity index is 1.67. The summed E-state index contributed by atoms with van der Waals surface area (Å²) in [5.74, 6) is -0.126. The van der Waals surface area contributed by atoms with Crippen LogP contribution in [0.15, 0.2) is 24.3 Å². The Morgan fingerprint density at radius 3 is 2.66 bits per heavy atom. The third-order valence-electron chi connectivity index (χ3n) is 6.34. The number of nitrogens with one attached hydrogen (secondary N) is 2. The molecular weight excluding hydrogens is 406 g/mol. The van der Waals surface area contributed by atoms with E-state index in [1.165, 1.54) is 0 Å². The van der Waals surface area contributed by atoms with Gasteiger partial charge in [-0.25, -0.2) is 4.79 Å². The fourth-order valence-electron chi connectivity index (χ4n) is 4.69. The van der Waals surface area contributed by atoms with Crippen molar-refractivity contribution in [2.24, 2.45) is 0 Å². The molecule has 8 nitrogen and oxygen atoms in total. The van der Waals surface area contributed by atoms with Gasteiger partial charge >= 0.3 is 6.03 Å². The van der Waals surface area contributed by atoms with Gasteiger partial charge in [0.2, 0.25) is 0 Å². The molecule has 8 heteroatoms. The number of carbonyl (C=O) groups is 2. The van der Waals surface area contributed by atoms with Gasteiger partial charge in [0.05, 0.1) is 23.4 Å². The van der Waals surface area contributed by atoms with Gasteiger partial charge < -0.3 is 24.8 Å². The van der Waals surface area contributed by atoms with Crippen LogP contribution in [0, 0.1) is 18.3 Å². The first-order chi connectivity index (χ1) is 15.5. The molecule has 0 spiro atoms. The molecule has 32 heavy (non-hydrogen) atoms. The Morgan fingerprint density at radius 2 is 1.94 bits per heavy atom. The summed E-state index contributed by atoms with van der Waals surface area (Å²) in [6.07, 6.45) is 2.67. The Bertz CT molecular complexity index is 1040. The van der Waals surface area contributed by atoms with E-state index >= 15 is 0 Å². The molecule has 3 amide bonds. The van der Waals surface area contributed by atoms with Crippen molar-refractivity contribution in [3.8, 4) is 6.07 Å². The first kappa shape index (κ1) is 21.9.